The largest absolute Gasteiger partial charge is 0.506 e. The monoisotopic (exact) mass is 584 g/mol. The summed E-state index contributed by atoms with van der Waals surface area (Å²) in [6, 6.07) is 11.8. The van der Waals surface area contributed by atoms with Crippen LogP contribution in [0.25, 0.3) is 15.3 Å². The summed E-state index contributed by atoms with van der Waals surface area (Å²) in [5.74, 6) is 0.872. The number of hydrogen-bond acceptors (Lipinski definition) is 6. The summed E-state index contributed by atoms with van der Waals surface area (Å²) in [4.78, 5) is 18.0. The average molecular weight is 586 g/mol. The van der Waals surface area contributed by atoms with Crippen LogP contribution in [0.3, 0.4) is 0 Å². The Balaban J connectivity index is 1.60. The van der Waals surface area contributed by atoms with Crippen molar-refractivity contribution in [3.8, 4) is 10.9 Å². The smallest absolute Gasteiger partial charge is 0.213 e. The molecule has 0 bridgehead atoms. The fraction of sp³-hybridized carbons (Fsp3) is 0.208. The first-order chi connectivity index (χ1) is 15.9. The zero-order valence-electron chi connectivity index (χ0n) is 17.5. The number of para-hydroxylation sites is 1. The van der Waals surface area contributed by atoms with Gasteiger partial charge in [0.1, 0.15) is 11.6 Å². The lowest BCUT2D eigenvalue weighted by Crippen LogP contribution is -2.27. The van der Waals surface area contributed by atoms with E-state index in [1.807, 2.05) is 41.9 Å². The maximum absolute atomic E-state index is 13.2. The number of Topliss-reactive ketones (excluding diaryl/α,β-unsaturated/α-hetero) is 1. The summed E-state index contributed by atoms with van der Waals surface area (Å²) in [7, 11) is 0. The molecule has 3 heterocycles. The molecule has 0 amide bonds. The minimum absolute atomic E-state index is 0.138. The molecule has 1 aliphatic carbocycles. The van der Waals surface area contributed by atoms with Crippen molar-refractivity contribution in [2.75, 3.05) is 5.32 Å². The van der Waals surface area contributed by atoms with Crippen molar-refractivity contribution >= 4 is 65.0 Å². The van der Waals surface area contributed by atoms with Gasteiger partial charge in [-0.15, -0.1) is 0 Å². The Morgan fingerprint density at radius 3 is 2.70 bits per heavy atom. The van der Waals surface area contributed by atoms with Crippen LogP contribution >= 0.6 is 43.2 Å². The molecule has 1 atom stereocenters. The number of halogens is 2. The number of carbonyl (C=O) groups is 1. The van der Waals surface area contributed by atoms with Gasteiger partial charge < -0.3 is 10.4 Å². The van der Waals surface area contributed by atoms with Crippen LogP contribution in [0.4, 0.5) is 5.82 Å². The number of allylic oxidation sites excluding steroid dienone is 2. The number of thiazole rings is 1. The van der Waals surface area contributed by atoms with Gasteiger partial charge >= 0.3 is 0 Å². The van der Waals surface area contributed by atoms with Gasteiger partial charge in [-0.1, -0.05) is 23.5 Å². The Labute approximate surface area is 210 Å². The molecule has 2 aromatic carbocycles. The minimum Gasteiger partial charge on any atom is -0.506 e. The zero-order valence-corrected chi connectivity index (χ0v) is 21.5. The quantitative estimate of drug-likeness (QED) is 0.277. The van der Waals surface area contributed by atoms with E-state index < -0.39 is 0 Å². The Morgan fingerprint density at radius 2 is 1.94 bits per heavy atom. The second-order valence-corrected chi connectivity index (χ2v) is 11.0. The van der Waals surface area contributed by atoms with E-state index in [0.29, 0.717) is 15.4 Å². The van der Waals surface area contributed by atoms with Gasteiger partial charge in [-0.3, -0.25) is 4.79 Å². The number of fused-ring (bicyclic) bond motifs is 2. The van der Waals surface area contributed by atoms with E-state index in [2.05, 4.69) is 43.2 Å². The topological polar surface area (TPSA) is 80.0 Å². The molecule has 9 heteroatoms. The number of phenolic OH excluding ortho intramolecular Hbond substituents is 1. The van der Waals surface area contributed by atoms with Crippen LogP contribution in [0.5, 0.6) is 5.75 Å². The van der Waals surface area contributed by atoms with Crippen LogP contribution in [0.15, 0.2) is 56.6 Å². The number of anilines is 1. The Kier molecular flexibility index (Phi) is 4.97. The number of carbonyl (C=O) groups excluding carboxylic acids is 1. The molecule has 33 heavy (non-hydrogen) atoms. The third-order valence-electron chi connectivity index (χ3n) is 6.25. The highest BCUT2D eigenvalue weighted by Gasteiger charge is 2.39. The highest BCUT2D eigenvalue weighted by atomic mass is 79.9. The van der Waals surface area contributed by atoms with Crippen molar-refractivity contribution in [2.24, 2.45) is 0 Å². The van der Waals surface area contributed by atoms with Crippen LogP contribution < -0.4 is 5.32 Å². The molecule has 6 rings (SSSR count). The van der Waals surface area contributed by atoms with Crippen molar-refractivity contribution in [3.63, 3.8) is 0 Å². The van der Waals surface area contributed by atoms with Crippen molar-refractivity contribution in [3.05, 3.63) is 73.4 Å². The summed E-state index contributed by atoms with van der Waals surface area (Å²) in [5, 5.41) is 19.5. The van der Waals surface area contributed by atoms with Crippen LogP contribution in [0, 0.1) is 6.92 Å². The highest BCUT2D eigenvalue weighted by molar-refractivity contribution is 9.11. The van der Waals surface area contributed by atoms with Gasteiger partial charge in [-0.25, -0.2) is 4.98 Å². The lowest BCUT2D eigenvalue weighted by atomic mass is 9.76. The molecule has 0 fully saturated rings. The second kappa shape index (κ2) is 7.78. The Hall–Kier alpha value is -2.49. The van der Waals surface area contributed by atoms with Gasteiger partial charge in [0.2, 0.25) is 5.13 Å². The zero-order chi connectivity index (χ0) is 22.9. The van der Waals surface area contributed by atoms with Crippen molar-refractivity contribution < 1.29 is 9.90 Å². The Morgan fingerprint density at radius 1 is 1.18 bits per heavy atom. The third-order valence-corrected chi connectivity index (χ3v) is 8.47. The molecule has 1 aliphatic heterocycles. The van der Waals surface area contributed by atoms with E-state index in [0.717, 1.165) is 62.1 Å². The lowest BCUT2D eigenvalue weighted by molar-refractivity contribution is -0.116. The Bertz CT molecular complexity index is 1450. The van der Waals surface area contributed by atoms with E-state index in [1.165, 1.54) is 0 Å². The SMILES string of the molecule is Cc1nn(-c2nc3ccccc3s2)c2c1C(c1cc(Br)c(O)c(Br)c1)C1=C(CCCC1=O)N2. The van der Waals surface area contributed by atoms with Gasteiger partial charge in [-0.2, -0.15) is 9.78 Å². The maximum atomic E-state index is 13.2. The van der Waals surface area contributed by atoms with Crippen LogP contribution in [-0.2, 0) is 4.79 Å². The van der Waals surface area contributed by atoms with Gasteiger partial charge in [0, 0.05) is 29.2 Å². The van der Waals surface area contributed by atoms with E-state index in [9.17, 15) is 9.90 Å². The van der Waals surface area contributed by atoms with E-state index in [1.54, 1.807) is 11.3 Å². The van der Waals surface area contributed by atoms with Crippen molar-refractivity contribution in [1.29, 1.82) is 0 Å². The summed E-state index contributed by atoms with van der Waals surface area (Å²) in [5.41, 5.74) is 5.41. The first-order valence-electron chi connectivity index (χ1n) is 10.6. The molecule has 6 nitrogen and oxygen atoms in total. The summed E-state index contributed by atoms with van der Waals surface area (Å²) in [6.07, 6.45) is 2.17. The number of phenols is 1. The van der Waals surface area contributed by atoms with Crippen LogP contribution in [0.1, 0.15) is 42.0 Å². The number of aromatic nitrogens is 3. The van der Waals surface area contributed by atoms with Crippen LogP contribution in [0.2, 0.25) is 0 Å². The molecule has 0 saturated heterocycles. The number of aromatic hydroxyl groups is 1. The number of benzene rings is 2. The van der Waals surface area contributed by atoms with E-state index >= 15 is 0 Å². The number of rotatable bonds is 2. The number of nitrogens with zero attached hydrogens (tertiary/aromatic N) is 3. The van der Waals surface area contributed by atoms with E-state index in [4.69, 9.17) is 10.1 Å². The summed E-state index contributed by atoms with van der Waals surface area (Å²) < 4.78 is 4.12. The normalized spacial score (nSPS) is 17.8. The molecule has 0 saturated carbocycles. The molecule has 2 aromatic heterocycles. The molecule has 2 aliphatic rings. The van der Waals surface area contributed by atoms with Gasteiger partial charge in [0.25, 0.3) is 0 Å². The molecule has 4 aromatic rings. The van der Waals surface area contributed by atoms with Gasteiger partial charge in [0.05, 0.1) is 24.9 Å². The first kappa shape index (κ1) is 21.1. The summed E-state index contributed by atoms with van der Waals surface area (Å²) in [6.45, 7) is 1.97. The van der Waals surface area contributed by atoms with E-state index in [-0.39, 0.29) is 17.5 Å². The summed E-state index contributed by atoms with van der Waals surface area (Å²) >= 11 is 8.51. The third kappa shape index (κ3) is 3.28. The second-order valence-electron chi connectivity index (χ2n) is 8.28. The average Bonchev–Trinajstić information content (AvgIpc) is 3.37. The minimum atomic E-state index is -0.277. The number of aryl methyl sites for hydroxylation is 1. The first-order valence-corrected chi connectivity index (χ1v) is 13.0. The van der Waals surface area contributed by atoms with Crippen LogP contribution in [-0.4, -0.2) is 25.7 Å². The molecule has 1 unspecified atom stereocenters. The number of nitrogens with one attached hydrogen (secondary N) is 1. The van der Waals surface area contributed by atoms with Gasteiger partial charge in [-0.05, 0) is 81.5 Å². The predicted molar refractivity (Wildman–Crippen MR) is 136 cm³/mol. The maximum Gasteiger partial charge on any atom is 0.213 e. The fourth-order valence-corrected chi connectivity index (χ4v) is 6.94. The van der Waals surface area contributed by atoms with Gasteiger partial charge in [0.15, 0.2) is 5.78 Å². The lowest BCUT2D eigenvalue weighted by Gasteiger charge is -2.33. The predicted octanol–water partition coefficient (Wildman–Crippen LogP) is 6.59. The van der Waals surface area contributed by atoms with Crippen molar-refractivity contribution in [1.82, 2.24) is 14.8 Å². The standard InChI is InChI=1S/C24H18Br2N4O2S/c1-11-19-20(12-9-13(25)22(32)14(26)10-12)21-16(6-4-7-17(21)31)27-23(19)30(29-11)24-28-15-5-2-3-8-18(15)33-24/h2-3,5,8-10,20,27,32H,4,6-7H2,1H3. The molecule has 0 radical (unpaired) electrons. The highest BCUT2D eigenvalue weighted by Crippen LogP contribution is 2.49. The molecular formula is C24H18Br2N4O2S. The number of ketones is 1. The number of hydrogen-bond donors (Lipinski definition) is 2. The molecule has 0 spiro atoms. The van der Waals surface area contributed by atoms with Crippen molar-refractivity contribution in [2.45, 2.75) is 32.1 Å². The molecule has 2 N–H and O–H groups in total. The molecule has 166 valence electrons. The molecular weight excluding hydrogens is 568 g/mol. The fourth-order valence-electron chi connectivity index (χ4n) is 4.80.